The number of nitrogens with one attached hydrogen (secondary N) is 2. The van der Waals surface area contributed by atoms with E-state index in [9.17, 15) is 13.2 Å². The number of hydrogen-bond donors (Lipinski definition) is 2. The second kappa shape index (κ2) is 5.48. The van der Waals surface area contributed by atoms with Crippen LogP contribution in [0.5, 0.6) is 0 Å². The van der Waals surface area contributed by atoms with Gasteiger partial charge in [-0.25, -0.2) is 0 Å². The van der Waals surface area contributed by atoms with Crippen molar-refractivity contribution in [1.29, 1.82) is 0 Å². The van der Waals surface area contributed by atoms with E-state index in [-0.39, 0.29) is 0 Å². The predicted molar refractivity (Wildman–Crippen MR) is 80.0 cm³/mol. The Hall–Kier alpha value is -1.30. The lowest BCUT2D eigenvalue weighted by Gasteiger charge is -2.24. The zero-order valence-electron chi connectivity index (χ0n) is 11.4. The molecule has 0 amide bonds. The highest BCUT2D eigenvalue weighted by atomic mass is 32.1. The fraction of sp³-hybridized carbons (Fsp3) is 0.533. The number of anilines is 1. The Balaban J connectivity index is 1.60. The lowest BCUT2D eigenvalue weighted by atomic mass is 9.96. The van der Waals surface area contributed by atoms with Crippen molar-refractivity contribution in [2.24, 2.45) is 11.8 Å². The first-order valence-corrected chi connectivity index (χ1v) is 7.57. The predicted octanol–water partition coefficient (Wildman–Crippen LogP) is 4.18. The highest BCUT2D eigenvalue weighted by molar-refractivity contribution is 7.80. The van der Waals surface area contributed by atoms with Gasteiger partial charge in [0.25, 0.3) is 0 Å². The highest BCUT2D eigenvalue weighted by Crippen LogP contribution is 2.44. The van der Waals surface area contributed by atoms with E-state index in [1.54, 1.807) is 6.07 Å². The molecule has 0 aliphatic heterocycles. The SMILES string of the molecule is FC(F)(F)c1cccc(NC(=S)N[C@H]2C[C@@H]3CC[C@@H]2C3)c1. The minimum Gasteiger partial charge on any atom is -0.359 e. The van der Waals surface area contributed by atoms with Gasteiger partial charge in [-0.1, -0.05) is 12.5 Å². The van der Waals surface area contributed by atoms with Crippen LogP contribution < -0.4 is 10.6 Å². The molecule has 2 saturated carbocycles. The normalized spacial score (nSPS) is 27.7. The molecule has 2 fully saturated rings. The average Bonchev–Trinajstić information content (AvgIpc) is 3.00. The minimum absolute atomic E-state index is 0.366. The molecule has 3 rings (SSSR count). The molecule has 0 radical (unpaired) electrons. The Bertz CT molecular complexity index is 544. The Morgan fingerprint density at radius 2 is 2.00 bits per heavy atom. The maximum absolute atomic E-state index is 12.7. The first kappa shape index (κ1) is 14.6. The van der Waals surface area contributed by atoms with Gasteiger partial charge in [-0.05, 0) is 61.5 Å². The summed E-state index contributed by atoms with van der Waals surface area (Å²) in [7, 11) is 0. The molecular formula is C15H17F3N2S. The molecule has 1 aromatic rings. The Morgan fingerprint density at radius 3 is 2.62 bits per heavy atom. The van der Waals surface area contributed by atoms with E-state index in [0.29, 0.717) is 22.8 Å². The third-order valence-corrected chi connectivity index (χ3v) is 4.72. The van der Waals surface area contributed by atoms with Crippen LogP contribution in [0, 0.1) is 11.8 Å². The second-order valence-electron chi connectivity index (χ2n) is 5.96. The van der Waals surface area contributed by atoms with Crippen LogP contribution >= 0.6 is 12.2 Å². The first-order chi connectivity index (χ1) is 9.91. The number of thiocarbonyl (C=S) groups is 1. The van der Waals surface area contributed by atoms with E-state index in [4.69, 9.17) is 12.2 Å². The molecule has 6 heteroatoms. The van der Waals surface area contributed by atoms with Gasteiger partial charge < -0.3 is 10.6 Å². The van der Waals surface area contributed by atoms with Gasteiger partial charge in [0.2, 0.25) is 0 Å². The molecule has 2 aliphatic carbocycles. The summed E-state index contributed by atoms with van der Waals surface area (Å²) in [6.45, 7) is 0. The summed E-state index contributed by atoms with van der Waals surface area (Å²) in [5.74, 6) is 1.46. The highest BCUT2D eigenvalue weighted by Gasteiger charge is 2.39. The van der Waals surface area contributed by atoms with Crippen molar-refractivity contribution < 1.29 is 13.2 Å². The number of fused-ring (bicyclic) bond motifs is 2. The summed E-state index contributed by atoms with van der Waals surface area (Å²) in [5.41, 5.74) is -0.305. The molecule has 0 spiro atoms. The lowest BCUT2D eigenvalue weighted by Crippen LogP contribution is -2.40. The van der Waals surface area contributed by atoms with Crippen molar-refractivity contribution in [3.63, 3.8) is 0 Å². The molecule has 2 aliphatic rings. The zero-order chi connectivity index (χ0) is 15.0. The van der Waals surface area contributed by atoms with Gasteiger partial charge >= 0.3 is 6.18 Å². The lowest BCUT2D eigenvalue weighted by molar-refractivity contribution is -0.137. The van der Waals surface area contributed by atoms with Crippen molar-refractivity contribution in [3.05, 3.63) is 29.8 Å². The summed E-state index contributed by atoms with van der Waals surface area (Å²) in [4.78, 5) is 0. The standard InChI is InChI=1S/C15H17F3N2S/c16-15(17,18)11-2-1-3-12(8-11)19-14(21)20-13-7-9-4-5-10(13)6-9/h1-3,8-10,13H,4-7H2,(H2,19,20,21)/t9-,10-,13+/m1/s1. The van der Waals surface area contributed by atoms with Crippen LogP contribution in [-0.4, -0.2) is 11.2 Å². The minimum atomic E-state index is -4.34. The van der Waals surface area contributed by atoms with Crippen molar-refractivity contribution in [2.75, 3.05) is 5.32 Å². The number of halogens is 3. The Labute approximate surface area is 127 Å². The second-order valence-corrected chi connectivity index (χ2v) is 6.37. The van der Waals surface area contributed by atoms with Gasteiger partial charge in [0, 0.05) is 11.7 Å². The molecule has 1 aromatic carbocycles. The molecule has 0 heterocycles. The van der Waals surface area contributed by atoms with Crippen molar-refractivity contribution >= 4 is 23.0 Å². The fourth-order valence-corrected chi connectivity index (χ4v) is 3.80. The summed E-state index contributed by atoms with van der Waals surface area (Å²) < 4.78 is 38.0. The molecule has 0 saturated heterocycles. The molecule has 0 unspecified atom stereocenters. The van der Waals surface area contributed by atoms with E-state index < -0.39 is 11.7 Å². The summed E-state index contributed by atoms with van der Waals surface area (Å²) in [6.07, 6.45) is 0.571. The number of benzene rings is 1. The molecule has 2 bridgehead atoms. The van der Waals surface area contributed by atoms with Crippen molar-refractivity contribution in [3.8, 4) is 0 Å². The molecule has 2 N–H and O–H groups in total. The third-order valence-electron chi connectivity index (χ3n) is 4.50. The van der Waals surface area contributed by atoms with Crippen LogP contribution in [0.1, 0.15) is 31.2 Å². The zero-order valence-corrected chi connectivity index (χ0v) is 12.2. The molecule has 3 atom stereocenters. The molecule has 2 nitrogen and oxygen atoms in total. The smallest absolute Gasteiger partial charge is 0.359 e. The molecule has 21 heavy (non-hydrogen) atoms. The summed E-state index contributed by atoms with van der Waals surface area (Å²) in [5, 5.41) is 6.53. The summed E-state index contributed by atoms with van der Waals surface area (Å²) in [6, 6.07) is 5.47. The van der Waals surface area contributed by atoms with Gasteiger partial charge in [0.1, 0.15) is 0 Å². The van der Waals surface area contributed by atoms with E-state index in [2.05, 4.69) is 10.6 Å². The van der Waals surface area contributed by atoms with E-state index in [1.807, 2.05) is 0 Å². The summed E-state index contributed by atoms with van der Waals surface area (Å²) >= 11 is 5.22. The van der Waals surface area contributed by atoms with Crippen LogP contribution in [0.3, 0.4) is 0 Å². The number of alkyl halides is 3. The molecule has 0 aromatic heterocycles. The monoisotopic (exact) mass is 314 g/mol. The van der Waals surface area contributed by atoms with Crippen LogP contribution in [0.4, 0.5) is 18.9 Å². The maximum Gasteiger partial charge on any atom is 0.416 e. The van der Waals surface area contributed by atoms with Crippen LogP contribution in [-0.2, 0) is 6.18 Å². The topological polar surface area (TPSA) is 24.1 Å². The third kappa shape index (κ3) is 3.31. The average molecular weight is 314 g/mol. The Kier molecular flexibility index (Phi) is 3.82. The van der Waals surface area contributed by atoms with Crippen LogP contribution in [0.15, 0.2) is 24.3 Å². The van der Waals surface area contributed by atoms with E-state index in [1.165, 1.54) is 25.3 Å². The maximum atomic E-state index is 12.7. The van der Waals surface area contributed by atoms with Crippen molar-refractivity contribution in [2.45, 2.75) is 37.9 Å². The fourth-order valence-electron chi connectivity index (χ4n) is 3.53. The Morgan fingerprint density at radius 1 is 1.19 bits per heavy atom. The quantitative estimate of drug-likeness (QED) is 0.801. The van der Waals surface area contributed by atoms with E-state index in [0.717, 1.165) is 24.5 Å². The molecular weight excluding hydrogens is 297 g/mol. The van der Waals surface area contributed by atoms with E-state index >= 15 is 0 Å². The largest absolute Gasteiger partial charge is 0.416 e. The van der Waals surface area contributed by atoms with Crippen LogP contribution in [0.2, 0.25) is 0 Å². The van der Waals surface area contributed by atoms with Gasteiger partial charge in [-0.15, -0.1) is 0 Å². The van der Waals surface area contributed by atoms with Gasteiger partial charge in [0.15, 0.2) is 5.11 Å². The van der Waals surface area contributed by atoms with Crippen molar-refractivity contribution in [1.82, 2.24) is 5.32 Å². The van der Waals surface area contributed by atoms with Gasteiger partial charge in [-0.3, -0.25) is 0 Å². The first-order valence-electron chi connectivity index (χ1n) is 7.16. The number of rotatable bonds is 2. The van der Waals surface area contributed by atoms with Gasteiger partial charge in [-0.2, -0.15) is 13.2 Å². The number of hydrogen-bond acceptors (Lipinski definition) is 1. The van der Waals surface area contributed by atoms with Gasteiger partial charge in [0.05, 0.1) is 5.56 Å². The van der Waals surface area contributed by atoms with Crippen LogP contribution in [0.25, 0.3) is 0 Å². The molecule has 114 valence electrons.